The summed E-state index contributed by atoms with van der Waals surface area (Å²) in [6.07, 6.45) is 2.10. The molecule has 0 atom stereocenters. The van der Waals surface area contributed by atoms with E-state index in [1.165, 1.54) is 11.7 Å². The molecule has 3 rings (SSSR count). The van der Waals surface area contributed by atoms with Crippen LogP contribution in [0.5, 0.6) is 0 Å². The predicted molar refractivity (Wildman–Crippen MR) is 95.5 cm³/mol. The summed E-state index contributed by atoms with van der Waals surface area (Å²) in [4.78, 5) is 26.2. The van der Waals surface area contributed by atoms with E-state index in [0.29, 0.717) is 19.5 Å². The molecule has 2 aromatic rings. The molecule has 130 valence electrons. The fourth-order valence-corrected chi connectivity index (χ4v) is 3.59. The summed E-state index contributed by atoms with van der Waals surface area (Å²) >= 11 is 0. The molecular weight excluding hydrogens is 318 g/mol. The highest BCUT2D eigenvalue weighted by molar-refractivity contribution is 5.94. The molecular formula is C19H21N3O3. The van der Waals surface area contributed by atoms with Gasteiger partial charge in [0, 0.05) is 31.9 Å². The summed E-state index contributed by atoms with van der Waals surface area (Å²) in [5.41, 5.74) is 1.46. The maximum Gasteiger partial charge on any atom is 0.305 e. The quantitative estimate of drug-likeness (QED) is 0.801. The average molecular weight is 339 g/mol. The van der Waals surface area contributed by atoms with Crippen molar-refractivity contribution in [3.8, 4) is 6.07 Å². The minimum atomic E-state index is -0.270. The van der Waals surface area contributed by atoms with E-state index in [1.54, 1.807) is 7.05 Å². The van der Waals surface area contributed by atoms with Gasteiger partial charge < -0.3 is 14.2 Å². The first-order chi connectivity index (χ1) is 12.1. The number of carbonyl (C=O) groups excluding carboxylic acids is 1. The van der Waals surface area contributed by atoms with Gasteiger partial charge in [0.2, 0.25) is 0 Å². The molecule has 1 fully saturated rings. The number of carbonyl (C=O) groups is 1. The van der Waals surface area contributed by atoms with Gasteiger partial charge in [-0.05, 0) is 24.8 Å². The summed E-state index contributed by atoms with van der Waals surface area (Å²) < 4.78 is 6.28. The first-order valence-corrected chi connectivity index (χ1v) is 8.40. The molecule has 1 aromatic carbocycles. The zero-order valence-corrected chi connectivity index (χ0v) is 14.5. The van der Waals surface area contributed by atoms with E-state index < -0.39 is 0 Å². The Bertz CT molecular complexity index is 902. The smallest absolute Gasteiger partial charge is 0.305 e. The number of hydrogen-bond acceptors (Lipinski definition) is 5. The molecule has 25 heavy (non-hydrogen) atoms. The first kappa shape index (κ1) is 17.0. The van der Waals surface area contributed by atoms with E-state index in [9.17, 15) is 14.9 Å². The normalized spacial score (nSPS) is 15.2. The number of anilines is 1. The zero-order chi connectivity index (χ0) is 18.0. The third kappa shape index (κ3) is 3.10. The van der Waals surface area contributed by atoms with Crippen molar-refractivity contribution < 1.29 is 9.53 Å². The Labute approximate surface area is 146 Å². The number of para-hydroxylation sites is 1. The molecule has 1 saturated heterocycles. The molecule has 0 amide bonds. The lowest BCUT2D eigenvalue weighted by Gasteiger charge is -2.34. The SMILES string of the molecule is COC(=O)CC1CCN(c2c(C#N)c(=O)n(C)c3ccccc23)CC1. The van der Waals surface area contributed by atoms with Gasteiger partial charge in [0.15, 0.2) is 0 Å². The van der Waals surface area contributed by atoms with Gasteiger partial charge in [0.25, 0.3) is 5.56 Å². The van der Waals surface area contributed by atoms with Crippen molar-refractivity contribution in [3.05, 3.63) is 40.2 Å². The second-order valence-electron chi connectivity index (χ2n) is 6.43. The second-order valence-corrected chi connectivity index (χ2v) is 6.43. The third-order valence-electron chi connectivity index (χ3n) is 5.00. The van der Waals surface area contributed by atoms with Crippen molar-refractivity contribution >= 4 is 22.6 Å². The minimum absolute atomic E-state index is 0.185. The topological polar surface area (TPSA) is 75.3 Å². The number of aromatic nitrogens is 1. The number of nitriles is 1. The van der Waals surface area contributed by atoms with Gasteiger partial charge in [-0.15, -0.1) is 0 Å². The largest absolute Gasteiger partial charge is 0.469 e. The van der Waals surface area contributed by atoms with Crippen LogP contribution in [0.25, 0.3) is 10.9 Å². The highest BCUT2D eigenvalue weighted by Gasteiger charge is 2.26. The van der Waals surface area contributed by atoms with Crippen LogP contribution in [0.1, 0.15) is 24.8 Å². The van der Waals surface area contributed by atoms with Crippen LogP contribution in [-0.4, -0.2) is 30.7 Å². The fraction of sp³-hybridized carbons (Fsp3) is 0.421. The molecule has 0 N–H and O–H groups in total. The summed E-state index contributed by atoms with van der Waals surface area (Å²) in [5, 5.41) is 10.5. The molecule has 6 heteroatoms. The van der Waals surface area contributed by atoms with Crippen molar-refractivity contribution in [1.82, 2.24) is 4.57 Å². The van der Waals surface area contributed by atoms with E-state index in [0.717, 1.165) is 29.4 Å². The number of aryl methyl sites for hydroxylation is 1. The second kappa shape index (κ2) is 6.98. The molecule has 1 aliphatic heterocycles. The van der Waals surface area contributed by atoms with Crippen molar-refractivity contribution in [2.75, 3.05) is 25.1 Å². The van der Waals surface area contributed by atoms with Crippen molar-refractivity contribution in [1.29, 1.82) is 5.26 Å². The molecule has 2 heterocycles. The minimum Gasteiger partial charge on any atom is -0.469 e. The number of rotatable bonds is 3. The van der Waals surface area contributed by atoms with Gasteiger partial charge in [0.05, 0.1) is 18.3 Å². The number of methoxy groups -OCH3 is 1. The van der Waals surface area contributed by atoms with Crippen LogP contribution >= 0.6 is 0 Å². The van der Waals surface area contributed by atoms with E-state index in [1.807, 2.05) is 24.3 Å². The molecule has 0 saturated carbocycles. The average Bonchev–Trinajstić information content (AvgIpc) is 2.65. The molecule has 0 aliphatic carbocycles. The summed E-state index contributed by atoms with van der Waals surface area (Å²) in [7, 11) is 3.10. The van der Waals surface area contributed by atoms with Crippen molar-refractivity contribution in [2.45, 2.75) is 19.3 Å². The lowest BCUT2D eigenvalue weighted by atomic mass is 9.92. The van der Waals surface area contributed by atoms with Crippen LogP contribution in [0, 0.1) is 17.2 Å². The summed E-state index contributed by atoms with van der Waals surface area (Å²) in [6.45, 7) is 1.43. The maximum absolute atomic E-state index is 12.6. The number of piperidine rings is 1. The zero-order valence-electron chi connectivity index (χ0n) is 14.5. The van der Waals surface area contributed by atoms with E-state index >= 15 is 0 Å². The Kier molecular flexibility index (Phi) is 4.75. The fourth-order valence-electron chi connectivity index (χ4n) is 3.59. The lowest BCUT2D eigenvalue weighted by molar-refractivity contribution is -0.141. The van der Waals surface area contributed by atoms with Gasteiger partial charge in [-0.3, -0.25) is 9.59 Å². The molecule has 0 bridgehead atoms. The number of hydrogen-bond donors (Lipinski definition) is 0. The van der Waals surface area contributed by atoms with Gasteiger partial charge in [0.1, 0.15) is 11.6 Å². The molecule has 0 radical (unpaired) electrons. The predicted octanol–water partition coefficient (Wildman–Crippen LogP) is 2.19. The highest BCUT2D eigenvalue weighted by Crippen LogP contribution is 2.32. The van der Waals surface area contributed by atoms with E-state index in [2.05, 4.69) is 11.0 Å². The van der Waals surface area contributed by atoms with Crippen LogP contribution in [0.2, 0.25) is 0 Å². The number of ether oxygens (including phenoxy) is 1. The van der Waals surface area contributed by atoms with Crippen LogP contribution < -0.4 is 10.5 Å². The molecule has 6 nitrogen and oxygen atoms in total. The van der Waals surface area contributed by atoms with Crippen LogP contribution in [0.3, 0.4) is 0 Å². The van der Waals surface area contributed by atoms with Gasteiger partial charge in [-0.1, -0.05) is 18.2 Å². The highest BCUT2D eigenvalue weighted by atomic mass is 16.5. The van der Waals surface area contributed by atoms with Gasteiger partial charge in [-0.2, -0.15) is 5.26 Å². The van der Waals surface area contributed by atoms with Crippen molar-refractivity contribution in [3.63, 3.8) is 0 Å². The number of benzene rings is 1. The van der Waals surface area contributed by atoms with Gasteiger partial charge >= 0.3 is 5.97 Å². The summed E-state index contributed by atoms with van der Waals surface area (Å²) in [5.74, 6) is 0.0993. The molecule has 0 unspecified atom stereocenters. The standard InChI is InChI=1S/C19H21N3O3/c1-21-16-6-4-3-5-14(16)18(15(12-20)19(21)24)22-9-7-13(8-10-22)11-17(23)25-2/h3-6,13H,7-11H2,1-2H3. The summed E-state index contributed by atoms with van der Waals surface area (Å²) in [6, 6.07) is 9.75. The van der Waals surface area contributed by atoms with Gasteiger partial charge in [-0.25, -0.2) is 0 Å². The monoisotopic (exact) mass is 339 g/mol. The number of pyridine rings is 1. The number of nitrogens with zero attached hydrogens (tertiary/aromatic N) is 3. The Morgan fingerprint density at radius 3 is 2.64 bits per heavy atom. The van der Waals surface area contributed by atoms with Crippen LogP contribution in [0.15, 0.2) is 29.1 Å². The number of fused-ring (bicyclic) bond motifs is 1. The van der Waals surface area contributed by atoms with Crippen LogP contribution in [-0.2, 0) is 16.6 Å². The Hall–Kier alpha value is -2.81. The Balaban J connectivity index is 1.97. The molecule has 0 spiro atoms. The van der Waals surface area contributed by atoms with E-state index in [-0.39, 0.29) is 23.0 Å². The Morgan fingerprint density at radius 2 is 2.00 bits per heavy atom. The van der Waals surface area contributed by atoms with E-state index in [4.69, 9.17) is 4.74 Å². The lowest BCUT2D eigenvalue weighted by Crippen LogP contribution is -2.37. The Morgan fingerprint density at radius 1 is 1.32 bits per heavy atom. The number of esters is 1. The maximum atomic E-state index is 12.6. The molecule has 1 aromatic heterocycles. The van der Waals surface area contributed by atoms with Crippen molar-refractivity contribution in [2.24, 2.45) is 13.0 Å². The molecule has 1 aliphatic rings. The van der Waals surface area contributed by atoms with Crippen LogP contribution in [0.4, 0.5) is 5.69 Å². The first-order valence-electron chi connectivity index (χ1n) is 8.40. The third-order valence-corrected chi connectivity index (χ3v) is 5.00.